The Kier molecular flexibility index (Phi) is 7.18. The van der Waals surface area contributed by atoms with Gasteiger partial charge in [-0.25, -0.2) is 12.8 Å². The summed E-state index contributed by atoms with van der Waals surface area (Å²) in [4.78, 5) is 14.0. The first-order valence-electron chi connectivity index (χ1n) is 9.04. The van der Waals surface area contributed by atoms with Crippen LogP contribution in [0.3, 0.4) is 0 Å². The van der Waals surface area contributed by atoms with E-state index in [0.29, 0.717) is 30.7 Å². The molecule has 1 N–H and O–H groups in total. The summed E-state index contributed by atoms with van der Waals surface area (Å²) in [5.41, 5.74) is 0.928. The number of nitrogens with zero attached hydrogens (tertiary/aromatic N) is 2. The van der Waals surface area contributed by atoms with Crippen molar-refractivity contribution in [2.45, 2.75) is 0 Å². The number of carbonyl (C=O) groups excluding carboxylic acids is 1. The minimum Gasteiger partial charge on any atom is -0.322 e. The van der Waals surface area contributed by atoms with Gasteiger partial charge < -0.3 is 5.32 Å². The van der Waals surface area contributed by atoms with Gasteiger partial charge in [-0.05, 0) is 29.8 Å². The van der Waals surface area contributed by atoms with Gasteiger partial charge in [0, 0.05) is 36.1 Å². The van der Waals surface area contributed by atoms with Gasteiger partial charge in [0.2, 0.25) is 15.9 Å². The molecule has 1 fully saturated rings. The number of anilines is 1. The zero-order valence-corrected chi connectivity index (χ0v) is 18.0. The van der Waals surface area contributed by atoms with Crippen LogP contribution in [0.1, 0.15) is 5.56 Å². The van der Waals surface area contributed by atoms with E-state index in [2.05, 4.69) is 21.2 Å². The average molecular weight is 482 g/mol. The number of benzene rings is 2. The molecule has 0 saturated carbocycles. The van der Waals surface area contributed by atoms with Gasteiger partial charge in [0.05, 0.1) is 12.2 Å². The highest BCUT2D eigenvalue weighted by Gasteiger charge is 2.26. The molecule has 1 aliphatic rings. The molecule has 0 unspecified atom stereocenters. The normalized spacial score (nSPS) is 16.2. The molecule has 2 aromatic rings. The summed E-state index contributed by atoms with van der Waals surface area (Å²) in [5, 5.41) is 3.75. The van der Waals surface area contributed by atoms with Crippen molar-refractivity contribution in [3.8, 4) is 0 Å². The number of halogens is 2. The third-order valence-electron chi connectivity index (χ3n) is 4.50. The molecule has 154 valence electrons. The molecule has 6 nitrogen and oxygen atoms in total. The number of rotatable bonds is 6. The molecule has 9 heteroatoms. The number of carbonyl (C=O) groups is 1. The van der Waals surface area contributed by atoms with Crippen LogP contribution in [-0.4, -0.2) is 56.3 Å². The first kappa shape index (κ1) is 21.6. The maximum Gasteiger partial charge on any atom is 0.238 e. The smallest absolute Gasteiger partial charge is 0.238 e. The Hall–Kier alpha value is -2.07. The van der Waals surface area contributed by atoms with Crippen LogP contribution in [0, 0.1) is 5.82 Å². The fraction of sp³-hybridized carbons (Fsp3) is 0.250. The Balaban J connectivity index is 1.50. The summed E-state index contributed by atoms with van der Waals surface area (Å²) >= 11 is 3.17. The van der Waals surface area contributed by atoms with E-state index in [-0.39, 0.29) is 18.1 Å². The van der Waals surface area contributed by atoms with Gasteiger partial charge >= 0.3 is 0 Å². The summed E-state index contributed by atoms with van der Waals surface area (Å²) < 4.78 is 40.8. The molecule has 0 aliphatic carbocycles. The fourth-order valence-electron chi connectivity index (χ4n) is 2.94. The molecule has 1 amide bonds. The van der Waals surface area contributed by atoms with Crippen molar-refractivity contribution in [2.24, 2.45) is 0 Å². The van der Waals surface area contributed by atoms with Gasteiger partial charge in [-0.15, -0.1) is 0 Å². The van der Waals surface area contributed by atoms with Crippen LogP contribution in [0.15, 0.2) is 58.4 Å². The van der Waals surface area contributed by atoms with Crippen LogP contribution in [0.5, 0.6) is 0 Å². The molecule has 1 heterocycles. The molecule has 29 heavy (non-hydrogen) atoms. The average Bonchev–Trinajstić information content (AvgIpc) is 2.70. The highest BCUT2D eigenvalue weighted by atomic mass is 79.9. The van der Waals surface area contributed by atoms with E-state index in [4.69, 9.17) is 0 Å². The van der Waals surface area contributed by atoms with E-state index in [1.54, 1.807) is 12.1 Å². The molecule has 0 atom stereocenters. The van der Waals surface area contributed by atoms with Crippen molar-refractivity contribution >= 4 is 43.6 Å². The van der Waals surface area contributed by atoms with E-state index in [0.717, 1.165) is 5.56 Å². The lowest BCUT2D eigenvalue weighted by atomic mass is 10.2. The zero-order valence-electron chi connectivity index (χ0n) is 15.6. The molecule has 1 saturated heterocycles. The van der Waals surface area contributed by atoms with Crippen LogP contribution in [0.25, 0.3) is 6.08 Å². The van der Waals surface area contributed by atoms with E-state index in [1.807, 2.05) is 35.2 Å². The number of hydrogen-bond donors (Lipinski definition) is 1. The van der Waals surface area contributed by atoms with Crippen molar-refractivity contribution in [1.29, 1.82) is 0 Å². The Labute approximate surface area is 178 Å². The number of sulfonamides is 1. The Morgan fingerprint density at radius 3 is 2.45 bits per heavy atom. The molecule has 1 aliphatic heterocycles. The lowest BCUT2D eigenvalue weighted by Crippen LogP contribution is -2.49. The number of piperazine rings is 1. The number of hydrogen-bond acceptors (Lipinski definition) is 4. The highest BCUT2D eigenvalue weighted by molar-refractivity contribution is 9.10. The third kappa shape index (κ3) is 6.20. The summed E-state index contributed by atoms with van der Waals surface area (Å²) in [6.45, 7) is 1.51. The molecule has 0 bridgehead atoms. The van der Waals surface area contributed by atoms with Gasteiger partial charge in [0.1, 0.15) is 5.82 Å². The van der Waals surface area contributed by atoms with Gasteiger partial charge in [0.25, 0.3) is 0 Å². The predicted octanol–water partition coefficient (Wildman–Crippen LogP) is 3.15. The Morgan fingerprint density at radius 2 is 1.79 bits per heavy atom. The van der Waals surface area contributed by atoms with Crippen molar-refractivity contribution in [1.82, 2.24) is 9.21 Å². The van der Waals surface area contributed by atoms with Crippen LogP contribution in [0.4, 0.5) is 10.1 Å². The second-order valence-electron chi connectivity index (χ2n) is 6.61. The Bertz CT molecular complexity index is 991. The van der Waals surface area contributed by atoms with Gasteiger partial charge in [0.15, 0.2) is 0 Å². The van der Waals surface area contributed by atoms with Crippen LogP contribution < -0.4 is 5.32 Å². The van der Waals surface area contributed by atoms with Gasteiger partial charge in [-0.1, -0.05) is 46.3 Å². The van der Waals surface area contributed by atoms with Crippen molar-refractivity contribution in [3.05, 3.63) is 69.8 Å². The van der Waals surface area contributed by atoms with E-state index in [1.165, 1.54) is 21.8 Å². The number of nitrogens with one attached hydrogen (secondary N) is 1. The molecular formula is C20H21BrFN3O3S. The van der Waals surface area contributed by atoms with Crippen LogP contribution >= 0.6 is 15.9 Å². The van der Waals surface area contributed by atoms with Crippen LogP contribution in [-0.2, 0) is 14.8 Å². The van der Waals surface area contributed by atoms with Gasteiger partial charge in [-0.3, -0.25) is 9.69 Å². The standard InChI is InChI=1S/C20H21BrFN3O3S/c21-17-6-7-19(18(22)14-17)23-20(26)15-24-9-11-25(12-10-24)29(27,28)13-8-16-4-2-1-3-5-16/h1-8,13-14H,9-12,15H2,(H,23,26)/b13-8+. The largest absolute Gasteiger partial charge is 0.322 e. The third-order valence-corrected chi connectivity index (χ3v) is 6.55. The monoisotopic (exact) mass is 481 g/mol. The second kappa shape index (κ2) is 9.62. The van der Waals surface area contributed by atoms with Crippen molar-refractivity contribution in [2.75, 3.05) is 38.0 Å². The molecule has 0 aromatic heterocycles. The first-order chi connectivity index (χ1) is 13.8. The lowest BCUT2D eigenvalue weighted by Gasteiger charge is -2.32. The molecule has 2 aromatic carbocycles. The molecule has 3 rings (SSSR count). The summed E-state index contributed by atoms with van der Waals surface area (Å²) in [5.74, 6) is -0.861. The first-order valence-corrected chi connectivity index (χ1v) is 11.3. The molecule has 0 radical (unpaired) electrons. The molecule has 0 spiro atoms. The van der Waals surface area contributed by atoms with E-state index < -0.39 is 15.8 Å². The number of amides is 1. The lowest BCUT2D eigenvalue weighted by molar-refractivity contribution is -0.117. The van der Waals surface area contributed by atoms with Crippen molar-refractivity contribution in [3.63, 3.8) is 0 Å². The topological polar surface area (TPSA) is 69.7 Å². The predicted molar refractivity (Wildman–Crippen MR) is 115 cm³/mol. The maximum atomic E-state index is 13.8. The van der Waals surface area contributed by atoms with Crippen molar-refractivity contribution < 1.29 is 17.6 Å². The summed E-state index contributed by atoms with van der Waals surface area (Å²) in [6.07, 6.45) is 1.57. The van der Waals surface area contributed by atoms with Crippen LogP contribution in [0.2, 0.25) is 0 Å². The minimum absolute atomic E-state index is 0.0727. The quantitative estimate of drug-likeness (QED) is 0.687. The SMILES string of the molecule is O=C(CN1CCN(S(=O)(=O)/C=C/c2ccccc2)CC1)Nc1ccc(Br)cc1F. The molecular weight excluding hydrogens is 461 g/mol. The van der Waals surface area contributed by atoms with E-state index in [9.17, 15) is 17.6 Å². The maximum absolute atomic E-state index is 13.8. The summed E-state index contributed by atoms with van der Waals surface area (Å²) in [7, 11) is -3.52. The minimum atomic E-state index is -3.52. The zero-order chi connectivity index (χ0) is 20.9. The van der Waals surface area contributed by atoms with Gasteiger partial charge in [-0.2, -0.15) is 4.31 Å². The second-order valence-corrected chi connectivity index (χ2v) is 9.34. The van der Waals surface area contributed by atoms with E-state index >= 15 is 0 Å². The summed E-state index contributed by atoms with van der Waals surface area (Å²) in [6, 6.07) is 13.6. The Morgan fingerprint density at radius 1 is 1.10 bits per heavy atom. The highest BCUT2D eigenvalue weighted by Crippen LogP contribution is 2.19. The fourth-order valence-corrected chi connectivity index (χ4v) is 4.45.